The summed E-state index contributed by atoms with van der Waals surface area (Å²) >= 11 is 2.08. The molecular weight excluding hydrogens is 365 g/mol. The van der Waals surface area contributed by atoms with Crippen LogP contribution >= 0.6 is 22.6 Å². The molecule has 1 N–H and O–H groups in total. The average Bonchev–Trinajstić information content (AvgIpc) is 2.63. The third-order valence-electron chi connectivity index (χ3n) is 2.48. The van der Waals surface area contributed by atoms with Crippen LogP contribution in [0.5, 0.6) is 0 Å². The van der Waals surface area contributed by atoms with E-state index < -0.39 is 10.0 Å². The van der Waals surface area contributed by atoms with Crippen LogP contribution in [0, 0.1) is 10.5 Å². The highest BCUT2D eigenvalue weighted by Crippen LogP contribution is 2.20. The van der Waals surface area contributed by atoms with Gasteiger partial charge in [-0.25, -0.2) is 4.98 Å². The summed E-state index contributed by atoms with van der Waals surface area (Å²) in [6.07, 6.45) is 1.49. The first-order valence-corrected chi connectivity index (χ1v) is 7.73. The number of sulfonamides is 1. The molecule has 2 rings (SSSR count). The molecule has 1 aromatic heterocycles. The van der Waals surface area contributed by atoms with Crippen LogP contribution in [0.2, 0.25) is 0 Å². The fourth-order valence-corrected chi connectivity index (χ4v) is 3.22. The fraction of sp³-hybridized carbons (Fsp3) is 0.182. The van der Waals surface area contributed by atoms with E-state index in [1.165, 1.54) is 6.20 Å². The molecule has 0 spiro atoms. The van der Waals surface area contributed by atoms with Crippen molar-refractivity contribution in [3.05, 3.63) is 39.9 Å². The molecule has 0 radical (unpaired) electrons. The minimum atomic E-state index is -3.62. The van der Waals surface area contributed by atoms with Crippen molar-refractivity contribution in [3.8, 4) is 0 Å². The molecule has 0 amide bonds. The van der Waals surface area contributed by atoms with E-state index in [0.717, 1.165) is 3.57 Å². The normalized spacial score (nSPS) is 11.5. The van der Waals surface area contributed by atoms with Crippen LogP contribution in [0.3, 0.4) is 0 Å². The predicted molar refractivity (Wildman–Crippen MR) is 77.9 cm³/mol. The van der Waals surface area contributed by atoms with E-state index >= 15 is 0 Å². The van der Waals surface area contributed by atoms with Gasteiger partial charge in [0.05, 0.1) is 5.69 Å². The summed E-state index contributed by atoms with van der Waals surface area (Å²) in [5.74, 6) is 0.651. The standard InChI is InChI=1S/C11H12IN3O2S/c1-8-13-11(7-15(8)2)18(16,17)14-10-6-4-3-5-9(10)12/h3-7,14H,1-2H3. The fourth-order valence-electron chi connectivity index (χ4n) is 1.40. The summed E-state index contributed by atoms with van der Waals surface area (Å²) in [5, 5.41) is 0.0298. The van der Waals surface area contributed by atoms with Gasteiger partial charge < -0.3 is 4.57 Å². The number of hydrogen-bond acceptors (Lipinski definition) is 3. The van der Waals surface area contributed by atoms with Crippen molar-refractivity contribution in [2.24, 2.45) is 7.05 Å². The van der Waals surface area contributed by atoms with E-state index in [1.54, 1.807) is 30.7 Å². The monoisotopic (exact) mass is 377 g/mol. The van der Waals surface area contributed by atoms with Gasteiger partial charge in [0.25, 0.3) is 10.0 Å². The number of para-hydroxylation sites is 1. The number of imidazole rings is 1. The third kappa shape index (κ3) is 2.66. The Balaban J connectivity index is 2.36. The Morgan fingerprint density at radius 2 is 2.00 bits per heavy atom. The lowest BCUT2D eigenvalue weighted by molar-refractivity contribution is 0.598. The molecule has 96 valence electrons. The van der Waals surface area contributed by atoms with E-state index in [2.05, 4.69) is 32.3 Å². The second-order valence-corrected chi connectivity index (χ2v) is 6.61. The zero-order chi connectivity index (χ0) is 13.3. The molecular formula is C11H12IN3O2S. The van der Waals surface area contributed by atoms with Gasteiger partial charge in [0.1, 0.15) is 5.82 Å². The SMILES string of the molecule is Cc1nc(S(=O)(=O)Nc2ccccc2I)cn1C. The maximum atomic E-state index is 12.1. The van der Waals surface area contributed by atoms with Crippen LogP contribution in [0.4, 0.5) is 5.69 Å². The third-order valence-corrected chi connectivity index (χ3v) is 4.66. The quantitative estimate of drug-likeness (QED) is 0.834. The van der Waals surface area contributed by atoms with Gasteiger partial charge in [-0.2, -0.15) is 8.42 Å². The number of nitrogens with zero attached hydrogens (tertiary/aromatic N) is 2. The zero-order valence-corrected chi connectivity index (χ0v) is 12.9. The summed E-state index contributed by atoms with van der Waals surface area (Å²) < 4.78 is 29.3. The maximum absolute atomic E-state index is 12.1. The van der Waals surface area contributed by atoms with E-state index in [4.69, 9.17) is 0 Å². The van der Waals surface area contributed by atoms with Crippen molar-refractivity contribution in [2.75, 3.05) is 4.72 Å². The van der Waals surface area contributed by atoms with Gasteiger partial charge in [-0.3, -0.25) is 4.72 Å². The number of aryl methyl sites for hydroxylation is 2. The first kappa shape index (κ1) is 13.3. The van der Waals surface area contributed by atoms with Crippen molar-refractivity contribution in [2.45, 2.75) is 11.9 Å². The van der Waals surface area contributed by atoms with E-state index in [-0.39, 0.29) is 5.03 Å². The molecule has 1 heterocycles. The maximum Gasteiger partial charge on any atom is 0.280 e. The largest absolute Gasteiger partial charge is 0.337 e. The van der Waals surface area contributed by atoms with Gasteiger partial charge >= 0.3 is 0 Å². The summed E-state index contributed by atoms with van der Waals surface area (Å²) in [6.45, 7) is 1.76. The number of benzene rings is 1. The van der Waals surface area contributed by atoms with Crippen molar-refractivity contribution in [3.63, 3.8) is 0 Å². The van der Waals surface area contributed by atoms with Crippen molar-refractivity contribution < 1.29 is 8.42 Å². The Bertz CT molecular complexity index is 660. The number of anilines is 1. The molecule has 0 unspecified atom stereocenters. The van der Waals surface area contributed by atoms with Gasteiger partial charge in [0.15, 0.2) is 5.03 Å². The minimum Gasteiger partial charge on any atom is -0.337 e. The molecule has 18 heavy (non-hydrogen) atoms. The molecule has 7 heteroatoms. The molecule has 0 aliphatic heterocycles. The first-order valence-electron chi connectivity index (χ1n) is 5.17. The van der Waals surface area contributed by atoms with E-state index in [0.29, 0.717) is 11.5 Å². The lowest BCUT2D eigenvalue weighted by Crippen LogP contribution is -2.14. The van der Waals surface area contributed by atoms with Gasteiger partial charge in [-0.15, -0.1) is 0 Å². The lowest BCUT2D eigenvalue weighted by Gasteiger charge is -2.07. The second-order valence-electron chi connectivity index (χ2n) is 3.82. The zero-order valence-electron chi connectivity index (χ0n) is 9.88. The summed E-state index contributed by atoms with van der Waals surface area (Å²) in [7, 11) is -1.87. The molecule has 0 aliphatic rings. The Hall–Kier alpha value is -1.09. The number of halogens is 1. The van der Waals surface area contributed by atoms with Crippen LogP contribution in [0.25, 0.3) is 0 Å². The van der Waals surface area contributed by atoms with Crippen molar-refractivity contribution >= 4 is 38.3 Å². The van der Waals surface area contributed by atoms with Crippen LogP contribution in [-0.4, -0.2) is 18.0 Å². The van der Waals surface area contributed by atoms with Gasteiger partial charge in [0.2, 0.25) is 0 Å². The second kappa shape index (κ2) is 4.88. The lowest BCUT2D eigenvalue weighted by atomic mass is 10.3. The molecule has 0 aliphatic carbocycles. The highest BCUT2D eigenvalue weighted by atomic mass is 127. The van der Waals surface area contributed by atoms with Crippen LogP contribution in [-0.2, 0) is 17.1 Å². The Kier molecular flexibility index (Phi) is 3.62. The van der Waals surface area contributed by atoms with E-state index in [9.17, 15) is 8.42 Å². The molecule has 0 fully saturated rings. The van der Waals surface area contributed by atoms with Crippen LogP contribution in [0.15, 0.2) is 35.5 Å². The summed E-state index contributed by atoms with van der Waals surface area (Å²) in [4.78, 5) is 4.02. The Labute approximate surface area is 119 Å². The van der Waals surface area contributed by atoms with Crippen molar-refractivity contribution in [1.29, 1.82) is 0 Å². The average molecular weight is 377 g/mol. The molecule has 5 nitrogen and oxygen atoms in total. The number of rotatable bonds is 3. The molecule has 0 saturated carbocycles. The predicted octanol–water partition coefficient (Wildman–Crippen LogP) is 2.13. The van der Waals surface area contributed by atoms with Crippen LogP contribution < -0.4 is 4.72 Å². The van der Waals surface area contributed by atoms with Gasteiger partial charge in [-0.1, -0.05) is 12.1 Å². The molecule has 0 bridgehead atoms. The smallest absolute Gasteiger partial charge is 0.280 e. The Morgan fingerprint density at radius 1 is 1.33 bits per heavy atom. The van der Waals surface area contributed by atoms with Crippen LogP contribution in [0.1, 0.15) is 5.82 Å². The Morgan fingerprint density at radius 3 is 2.56 bits per heavy atom. The topological polar surface area (TPSA) is 64.0 Å². The van der Waals surface area contributed by atoms with Gasteiger partial charge in [-0.05, 0) is 41.6 Å². The minimum absolute atomic E-state index is 0.0298. The number of hydrogen-bond donors (Lipinski definition) is 1. The van der Waals surface area contributed by atoms with Gasteiger partial charge in [0, 0.05) is 16.8 Å². The van der Waals surface area contributed by atoms with E-state index in [1.807, 2.05) is 12.1 Å². The molecule has 0 saturated heterocycles. The molecule has 1 aromatic carbocycles. The molecule has 0 atom stereocenters. The summed E-state index contributed by atoms with van der Waals surface area (Å²) in [5.41, 5.74) is 0.557. The number of nitrogens with one attached hydrogen (secondary N) is 1. The summed E-state index contributed by atoms with van der Waals surface area (Å²) in [6, 6.07) is 7.19. The first-order chi connectivity index (χ1) is 8.40. The highest BCUT2D eigenvalue weighted by molar-refractivity contribution is 14.1. The molecule has 2 aromatic rings. The number of aromatic nitrogens is 2. The highest BCUT2D eigenvalue weighted by Gasteiger charge is 2.19. The van der Waals surface area contributed by atoms with Crippen molar-refractivity contribution in [1.82, 2.24) is 9.55 Å².